The van der Waals surface area contributed by atoms with E-state index in [-0.39, 0.29) is 36.3 Å². The number of carbonyl (C=O) groups excluding carboxylic acids is 2. The summed E-state index contributed by atoms with van der Waals surface area (Å²) in [6.45, 7) is 6.03. The number of likely N-dealkylation sites (tertiary alicyclic amines) is 1. The number of piperazine rings is 1. The molecule has 2 heterocycles. The Morgan fingerprint density at radius 2 is 1.76 bits per heavy atom. The first kappa shape index (κ1) is 18.0. The van der Waals surface area contributed by atoms with Crippen LogP contribution in [0.5, 0.6) is 0 Å². The first-order chi connectivity index (χ1) is 9.50. The van der Waals surface area contributed by atoms with Crippen LogP contribution < -0.4 is 5.32 Å². The van der Waals surface area contributed by atoms with Crippen molar-refractivity contribution in [3.05, 3.63) is 0 Å². The molecule has 0 saturated carbocycles. The van der Waals surface area contributed by atoms with Crippen molar-refractivity contribution in [2.45, 2.75) is 25.8 Å². The van der Waals surface area contributed by atoms with Gasteiger partial charge in [-0.2, -0.15) is 0 Å². The van der Waals surface area contributed by atoms with E-state index < -0.39 is 0 Å². The maximum atomic E-state index is 12.6. The molecule has 122 valence electrons. The van der Waals surface area contributed by atoms with Gasteiger partial charge in [-0.05, 0) is 19.8 Å². The van der Waals surface area contributed by atoms with Crippen molar-refractivity contribution in [2.75, 3.05) is 46.8 Å². The van der Waals surface area contributed by atoms with Crippen LogP contribution in [0.2, 0.25) is 0 Å². The summed E-state index contributed by atoms with van der Waals surface area (Å²) in [4.78, 5) is 29.9. The Bertz CT molecular complexity index is 370. The molecule has 0 radical (unpaired) electrons. The van der Waals surface area contributed by atoms with Crippen LogP contribution in [-0.2, 0) is 4.79 Å². The van der Waals surface area contributed by atoms with E-state index in [4.69, 9.17) is 0 Å². The summed E-state index contributed by atoms with van der Waals surface area (Å²) in [5, 5.41) is 3.30. The molecule has 0 bridgehead atoms. The SMILES string of the molecule is C[C@@H]1CNCCN1C(=O)C1CCN(C(=O)N(C)C)CC1.Cl. The van der Waals surface area contributed by atoms with E-state index in [1.165, 1.54) is 0 Å². The van der Waals surface area contributed by atoms with Crippen LogP contribution in [0.25, 0.3) is 0 Å². The minimum Gasteiger partial charge on any atom is -0.337 e. The van der Waals surface area contributed by atoms with E-state index in [2.05, 4.69) is 12.2 Å². The van der Waals surface area contributed by atoms with E-state index in [1.54, 1.807) is 19.0 Å². The fraction of sp³-hybridized carbons (Fsp3) is 0.857. The molecule has 1 atom stereocenters. The molecule has 1 N–H and O–H groups in total. The number of halogens is 1. The molecule has 0 aromatic rings. The molecule has 0 unspecified atom stereocenters. The fourth-order valence-electron chi connectivity index (χ4n) is 3.00. The number of hydrogen-bond acceptors (Lipinski definition) is 3. The number of urea groups is 1. The van der Waals surface area contributed by atoms with Gasteiger partial charge in [0.05, 0.1) is 0 Å². The fourth-order valence-corrected chi connectivity index (χ4v) is 3.00. The van der Waals surface area contributed by atoms with Gasteiger partial charge in [-0.25, -0.2) is 4.79 Å². The predicted octanol–water partition coefficient (Wildman–Crippen LogP) is 0.622. The lowest BCUT2D eigenvalue weighted by Crippen LogP contribution is -2.55. The lowest BCUT2D eigenvalue weighted by Gasteiger charge is -2.39. The zero-order valence-electron chi connectivity index (χ0n) is 13.2. The topological polar surface area (TPSA) is 55.9 Å². The van der Waals surface area contributed by atoms with Crippen LogP contribution in [0.1, 0.15) is 19.8 Å². The average molecular weight is 319 g/mol. The van der Waals surface area contributed by atoms with Gasteiger partial charge in [0.1, 0.15) is 0 Å². The van der Waals surface area contributed by atoms with E-state index >= 15 is 0 Å². The normalized spacial score (nSPS) is 23.5. The number of rotatable bonds is 1. The second-order valence-corrected chi connectivity index (χ2v) is 6.02. The summed E-state index contributed by atoms with van der Waals surface area (Å²) in [5.74, 6) is 0.359. The van der Waals surface area contributed by atoms with E-state index in [1.807, 2.05) is 9.80 Å². The molecular formula is C14H27ClN4O2. The summed E-state index contributed by atoms with van der Waals surface area (Å²) >= 11 is 0. The van der Waals surface area contributed by atoms with Gasteiger partial charge in [0, 0.05) is 58.8 Å². The minimum atomic E-state index is 0. The van der Waals surface area contributed by atoms with Gasteiger partial charge in [0.25, 0.3) is 0 Å². The van der Waals surface area contributed by atoms with Gasteiger partial charge in [0.15, 0.2) is 0 Å². The van der Waals surface area contributed by atoms with Gasteiger partial charge in [0.2, 0.25) is 5.91 Å². The summed E-state index contributed by atoms with van der Waals surface area (Å²) in [6.07, 6.45) is 1.57. The third-order valence-electron chi connectivity index (χ3n) is 4.28. The Labute approximate surface area is 133 Å². The first-order valence-electron chi connectivity index (χ1n) is 7.48. The quantitative estimate of drug-likeness (QED) is 0.771. The first-order valence-corrected chi connectivity index (χ1v) is 7.48. The summed E-state index contributed by atoms with van der Waals surface area (Å²) in [6, 6.07) is 0.323. The maximum Gasteiger partial charge on any atom is 0.319 e. The zero-order chi connectivity index (χ0) is 14.7. The molecule has 0 aliphatic carbocycles. The Morgan fingerprint density at radius 3 is 2.29 bits per heavy atom. The Hall–Kier alpha value is -1.01. The van der Waals surface area contributed by atoms with Crippen LogP contribution in [0.15, 0.2) is 0 Å². The number of hydrogen-bond donors (Lipinski definition) is 1. The minimum absolute atomic E-state index is 0. The highest BCUT2D eigenvalue weighted by molar-refractivity contribution is 5.85. The lowest BCUT2D eigenvalue weighted by molar-refractivity contribution is -0.139. The number of amides is 3. The van der Waals surface area contributed by atoms with Gasteiger partial charge in [-0.15, -0.1) is 12.4 Å². The number of carbonyl (C=O) groups is 2. The highest BCUT2D eigenvalue weighted by atomic mass is 35.5. The summed E-state index contributed by atoms with van der Waals surface area (Å²) in [5.41, 5.74) is 0. The molecule has 6 nitrogen and oxygen atoms in total. The van der Waals surface area contributed by atoms with Crippen molar-refractivity contribution in [1.29, 1.82) is 0 Å². The Balaban J connectivity index is 0.00000220. The Morgan fingerprint density at radius 1 is 1.14 bits per heavy atom. The zero-order valence-corrected chi connectivity index (χ0v) is 14.0. The molecule has 2 fully saturated rings. The van der Waals surface area contributed by atoms with Crippen LogP contribution >= 0.6 is 12.4 Å². The second-order valence-electron chi connectivity index (χ2n) is 6.02. The number of nitrogens with zero attached hydrogens (tertiary/aromatic N) is 3. The lowest BCUT2D eigenvalue weighted by atomic mass is 9.94. The smallest absolute Gasteiger partial charge is 0.319 e. The van der Waals surface area contributed by atoms with Gasteiger partial charge < -0.3 is 20.0 Å². The van der Waals surface area contributed by atoms with Gasteiger partial charge >= 0.3 is 6.03 Å². The standard InChI is InChI=1S/C14H26N4O2.ClH/c1-11-10-15-6-9-18(11)13(19)12-4-7-17(8-5-12)14(20)16(2)3;/h11-12,15H,4-10H2,1-3H3;1H/t11-;/m1./s1. The molecule has 0 spiro atoms. The van der Waals surface area contributed by atoms with E-state index in [0.717, 1.165) is 32.5 Å². The third-order valence-corrected chi connectivity index (χ3v) is 4.28. The van der Waals surface area contributed by atoms with Crippen molar-refractivity contribution in [3.63, 3.8) is 0 Å². The average Bonchev–Trinajstić information content (AvgIpc) is 2.46. The van der Waals surface area contributed by atoms with Gasteiger partial charge in [-0.3, -0.25) is 4.79 Å². The molecule has 2 aliphatic heterocycles. The number of piperidine rings is 1. The van der Waals surface area contributed by atoms with Crippen LogP contribution in [0.4, 0.5) is 4.79 Å². The summed E-state index contributed by atoms with van der Waals surface area (Å²) in [7, 11) is 3.53. The Kier molecular flexibility index (Phi) is 6.74. The largest absolute Gasteiger partial charge is 0.337 e. The predicted molar refractivity (Wildman–Crippen MR) is 84.7 cm³/mol. The van der Waals surface area contributed by atoms with Crippen LogP contribution in [-0.4, -0.2) is 79.5 Å². The van der Waals surface area contributed by atoms with E-state index in [9.17, 15) is 9.59 Å². The second kappa shape index (κ2) is 7.84. The van der Waals surface area contributed by atoms with Crippen LogP contribution in [0.3, 0.4) is 0 Å². The van der Waals surface area contributed by atoms with Crippen molar-refractivity contribution < 1.29 is 9.59 Å². The molecule has 0 aromatic carbocycles. The summed E-state index contributed by atoms with van der Waals surface area (Å²) < 4.78 is 0. The third kappa shape index (κ3) is 4.23. The maximum absolute atomic E-state index is 12.6. The molecule has 2 aliphatic rings. The van der Waals surface area contributed by atoms with Gasteiger partial charge in [-0.1, -0.05) is 0 Å². The molecule has 21 heavy (non-hydrogen) atoms. The monoisotopic (exact) mass is 318 g/mol. The van der Waals surface area contributed by atoms with Crippen molar-refractivity contribution in [3.8, 4) is 0 Å². The van der Waals surface area contributed by atoms with E-state index in [0.29, 0.717) is 13.1 Å². The highest BCUT2D eigenvalue weighted by Gasteiger charge is 2.33. The molecule has 0 aromatic heterocycles. The number of nitrogens with one attached hydrogen (secondary N) is 1. The van der Waals surface area contributed by atoms with Crippen molar-refractivity contribution >= 4 is 24.3 Å². The van der Waals surface area contributed by atoms with Crippen molar-refractivity contribution in [1.82, 2.24) is 20.0 Å². The molecule has 7 heteroatoms. The van der Waals surface area contributed by atoms with Crippen LogP contribution in [0, 0.1) is 5.92 Å². The van der Waals surface area contributed by atoms with Crippen molar-refractivity contribution in [2.24, 2.45) is 5.92 Å². The molecule has 2 saturated heterocycles. The highest BCUT2D eigenvalue weighted by Crippen LogP contribution is 2.21. The molecule has 2 rings (SSSR count). The molecule has 3 amide bonds. The molecular weight excluding hydrogens is 292 g/mol.